The van der Waals surface area contributed by atoms with Crippen LogP contribution in [0.2, 0.25) is 0 Å². The van der Waals surface area contributed by atoms with Gasteiger partial charge >= 0.3 is 5.97 Å². The maximum Gasteiger partial charge on any atom is 0.320 e. The average Bonchev–Trinajstić information content (AvgIpc) is 2.25. The zero-order chi connectivity index (χ0) is 12.6. The second kappa shape index (κ2) is 8.10. The van der Waals surface area contributed by atoms with E-state index in [9.17, 15) is 9.59 Å². The van der Waals surface area contributed by atoms with Gasteiger partial charge in [0.05, 0.1) is 0 Å². The molecule has 1 amide bonds. The summed E-state index contributed by atoms with van der Waals surface area (Å²) >= 11 is 0. The van der Waals surface area contributed by atoms with Crippen LogP contribution in [0.3, 0.4) is 0 Å². The second-order valence-electron chi connectivity index (χ2n) is 4.01. The molecule has 0 heterocycles. The van der Waals surface area contributed by atoms with Crippen molar-refractivity contribution in [3.8, 4) is 0 Å². The molecule has 3 N–H and O–H groups in total. The van der Waals surface area contributed by atoms with E-state index in [0.29, 0.717) is 0 Å². The molecule has 0 aromatic rings. The first-order valence-corrected chi connectivity index (χ1v) is 5.71. The standard InChI is InChI=1S/C11H22N2O3/c1-3-4-5-8-13(2)10(14)7-6-9(12)11(15)16/h9H,3-8,12H2,1-2H3,(H,15,16). The smallest absolute Gasteiger partial charge is 0.320 e. The van der Waals surface area contributed by atoms with Gasteiger partial charge in [-0.15, -0.1) is 0 Å². The van der Waals surface area contributed by atoms with Gasteiger partial charge in [0.25, 0.3) is 0 Å². The number of nitrogens with two attached hydrogens (primary N) is 1. The summed E-state index contributed by atoms with van der Waals surface area (Å²) in [6, 6.07) is -0.937. The number of carbonyl (C=O) groups is 2. The van der Waals surface area contributed by atoms with Gasteiger partial charge in [0.15, 0.2) is 0 Å². The first-order chi connectivity index (χ1) is 7.49. The highest BCUT2D eigenvalue weighted by molar-refractivity contribution is 5.78. The fourth-order valence-corrected chi connectivity index (χ4v) is 1.32. The lowest BCUT2D eigenvalue weighted by Crippen LogP contribution is -2.33. The molecule has 0 aliphatic carbocycles. The molecule has 0 aromatic heterocycles. The predicted molar refractivity (Wildman–Crippen MR) is 62.0 cm³/mol. The Kier molecular flexibility index (Phi) is 7.54. The van der Waals surface area contributed by atoms with Gasteiger partial charge < -0.3 is 15.7 Å². The van der Waals surface area contributed by atoms with Crippen LogP contribution in [0.4, 0.5) is 0 Å². The van der Waals surface area contributed by atoms with E-state index in [4.69, 9.17) is 10.8 Å². The van der Waals surface area contributed by atoms with Crippen molar-refractivity contribution < 1.29 is 14.7 Å². The maximum atomic E-state index is 11.5. The zero-order valence-electron chi connectivity index (χ0n) is 10.1. The Hall–Kier alpha value is -1.10. The third-order valence-corrected chi connectivity index (χ3v) is 2.51. The summed E-state index contributed by atoms with van der Waals surface area (Å²) in [5, 5.41) is 8.56. The van der Waals surface area contributed by atoms with E-state index < -0.39 is 12.0 Å². The highest BCUT2D eigenvalue weighted by Crippen LogP contribution is 2.02. The van der Waals surface area contributed by atoms with Crippen molar-refractivity contribution in [3.63, 3.8) is 0 Å². The van der Waals surface area contributed by atoms with Crippen LogP contribution in [0, 0.1) is 0 Å². The van der Waals surface area contributed by atoms with Crippen molar-refractivity contribution in [1.29, 1.82) is 0 Å². The number of hydrogen-bond acceptors (Lipinski definition) is 3. The van der Waals surface area contributed by atoms with Crippen molar-refractivity contribution in [2.75, 3.05) is 13.6 Å². The molecule has 0 spiro atoms. The highest BCUT2D eigenvalue weighted by atomic mass is 16.4. The summed E-state index contributed by atoms with van der Waals surface area (Å²) in [6.07, 6.45) is 3.62. The van der Waals surface area contributed by atoms with E-state index in [1.54, 1.807) is 11.9 Å². The number of carboxylic acids is 1. The molecule has 0 aromatic carbocycles. The molecule has 5 nitrogen and oxygen atoms in total. The summed E-state index contributed by atoms with van der Waals surface area (Å²) in [5.74, 6) is -1.09. The van der Waals surface area contributed by atoms with Crippen LogP contribution in [0.15, 0.2) is 0 Å². The predicted octanol–water partition coefficient (Wildman–Crippen LogP) is 0.827. The first-order valence-electron chi connectivity index (χ1n) is 5.71. The Morgan fingerprint density at radius 2 is 2.00 bits per heavy atom. The molecular formula is C11H22N2O3. The van der Waals surface area contributed by atoms with Gasteiger partial charge in [-0.25, -0.2) is 0 Å². The van der Waals surface area contributed by atoms with E-state index in [2.05, 4.69) is 6.92 Å². The van der Waals surface area contributed by atoms with Gasteiger partial charge in [-0.2, -0.15) is 0 Å². The molecule has 0 aliphatic heterocycles. The molecule has 0 radical (unpaired) electrons. The SMILES string of the molecule is CCCCCN(C)C(=O)CCC(N)C(=O)O. The molecule has 0 saturated carbocycles. The number of carbonyl (C=O) groups excluding carboxylic acids is 1. The molecule has 0 saturated heterocycles. The number of hydrogen-bond donors (Lipinski definition) is 2. The van der Waals surface area contributed by atoms with Crippen molar-refractivity contribution in [2.24, 2.45) is 5.73 Å². The number of aliphatic carboxylic acids is 1. The quantitative estimate of drug-likeness (QED) is 0.605. The number of amides is 1. The number of carboxylic acid groups (broad SMARTS) is 1. The number of nitrogens with zero attached hydrogens (tertiary/aromatic N) is 1. The van der Waals surface area contributed by atoms with Crippen molar-refractivity contribution in [2.45, 2.75) is 45.1 Å². The van der Waals surface area contributed by atoms with Crippen LogP contribution in [-0.4, -0.2) is 41.5 Å². The molecule has 16 heavy (non-hydrogen) atoms. The zero-order valence-corrected chi connectivity index (χ0v) is 10.1. The van der Waals surface area contributed by atoms with Crippen molar-refractivity contribution in [3.05, 3.63) is 0 Å². The van der Waals surface area contributed by atoms with Gasteiger partial charge in [-0.1, -0.05) is 19.8 Å². The van der Waals surface area contributed by atoms with Crippen LogP contribution in [0.1, 0.15) is 39.0 Å². The van der Waals surface area contributed by atoms with E-state index in [1.165, 1.54) is 0 Å². The number of rotatable bonds is 8. The Morgan fingerprint density at radius 3 is 2.50 bits per heavy atom. The molecule has 1 unspecified atom stereocenters. The molecule has 0 aliphatic rings. The van der Waals surface area contributed by atoms with Gasteiger partial charge in [-0.05, 0) is 12.8 Å². The van der Waals surface area contributed by atoms with Gasteiger partial charge in [0.1, 0.15) is 6.04 Å². The molecule has 94 valence electrons. The average molecular weight is 230 g/mol. The van der Waals surface area contributed by atoms with Crippen LogP contribution in [0.5, 0.6) is 0 Å². The minimum absolute atomic E-state index is 0.0344. The number of unbranched alkanes of at least 4 members (excludes halogenated alkanes) is 2. The first kappa shape index (κ1) is 14.9. The fourth-order valence-electron chi connectivity index (χ4n) is 1.32. The summed E-state index contributed by atoms with van der Waals surface area (Å²) in [7, 11) is 1.74. The van der Waals surface area contributed by atoms with Crippen molar-refractivity contribution in [1.82, 2.24) is 4.90 Å². The van der Waals surface area contributed by atoms with Gasteiger partial charge in [0, 0.05) is 20.0 Å². The third kappa shape index (κ3) is 6.40. The lowest BCUT2D eigenvalue weighted by Gasteiger charge is -2.17. The maximum absolute atomic E-state index is 11.5. The molecule has 5 heteroatoms. The Morgan fingerprint density at radius 1 is 1.38 bits per heavy atom. The van der Waals surface area contributed by atoms with Gasteiger partial charge in [0.2, 0.25) is 5.91 Å². The van der Waals surface area contributed by atoms with Crippen molar-refractivity contribution >= 4 is 11.9 Å². The lowest BCUT2D eigenvalue weighted by molar-refractivity contribution is -0.139. The third-order valence-electron chi connectivity index (χ3n) is 2.51. The molecule has 1 atom stereocenters. The molecular weight excluding hydrogens is 208 g/mol. The monoisotopic (exact) mass is 230 g/mol. The molecule has 0 rings (SSSR count). The van der Waals surface area contributed by atoms with Gasteiger partial charge in [-0.3, -0.25) is 9.59 Å². The summed E-state index contributed by atoms with van der Waals surface area (Å²) < 4.78 is 0. The molecule has 0 bridgehead atoms. The van der Waals surface area contributed by atoms with Crippen LogP contribution >= 0.6 is 0 Å². The summed E-state index contributed by atoms with van der Waals surface area (Å²) in [6.45, 7) is 2.84. The topological polar surface area (TPSA) is 83.6 Å². The minimum Gasteiger partial charge on any atom is -0.480 e. The van der Waals surface area contributed by atoms with E-state index in [0.717, 1.165) is 25.8 Å². The summed E-state index contributed by atoms with van der Waals surface area (Å²) in [4.78, 5) is 23.6. The minimum atomic E-state index is -1.05. The van der Waals surface area contributed by atoms with Crippen LogP contribution < -0.4 is 5.73 Å². The fraction of sp³-hybridized carbons (Fsp3) is 0.818. The lowest BCUT2D eigenvalue weighted by atomic mass is 10.1. The Balaban J connectivity index is 3.74. The normalized spacial score (nSPS) is 12.2. The molecule has 0 fully saturated rings. The Bertz CT molecular complexity index is 231. The van der Waals surface area contributed by atoms with E-state index >= 15 is 0 Å². The summed E-state index contributed by atoms with van der Waals surface area (Å²) in [5.41, 5.74) is 5.32. The highest BCUT2D eigenvalue weighted by Gasteiger charge is 2.15. The largest absolute Gasteiger partial charge is 0.480 e. The second-order valence-corrected chi connectivity index (χ2v) is 4.01. The van der Waals surface area contributed by atoms with E-state index in [-0.39, 0.29) is 18.7 Å². The van der Waals surface area contributed by atoms with Crippen LogP contribution in [-0.2, 0) is 9.59 Å². The Labute approximate surface area is 96.6 Å². The van der Waals surface area contributed by atoms with Crippen LogP contribution in [0.25, 0.3) is 0 Å². The van der Waals surface area contributed by atoms with E-state index in [1.807, 2.05) is 0 Å².